The molecule has 0 atom stereocenters. The van der Waals surface area contributed by atoms with Crippen molar-refractivity contribution in [2.24, 2.45) is 0 Å². The maximum Gasteiger partial charge on any atom is 0.422 e. The van der Waals surface area contributed by atoms with Crippen LogP contribution in [-0.2, 0) is 92.9 Å². The van der Waals surface area contributed by atoms with E-state index in [2.05, 4.69) is 29.2 Å². The molecule has 0 amide bonds. The van der Waals surface area contributed by atoms with E-state index in [1.165, 1.54) is 18.2 Å². The van der Waals surface area contributed by atoms with Crippen LogP contribution in [0, 0.1) is 0 Å². The molecule has 3 aromatic heterocycles. The van der Waals surface area contributed by atoms with Crippen LogP contribution < -0.4 is 5.73 Å². The van der Waals surface area contributed by atoms with Gasteiger partial charge in [-0.1, -0.05) is 34.7 Å². The Morgan fingerprint density at radius 1 is 0.460 bits per heavy atom. The number of oxazole rings is 3. The topological polar surface area (TPSA) is 254 Å². The van der Waals surface area contributed by atoms with E-state index in [1.54, 1.807) is 0 Å². The van der Waals surface area contributed by atoms with Crippen molar-refractivity contribution in [2.75, 3.05) is 37.6 Å². The van der Waals surface area contributed by atoms with Crippen molar-refractivity contribution in [2.45, 2.75) is 82.0 Å². The van der Waals surface area contributed by atoms with E-state index in [4.69, 9.17) is 37.1 Å². The van der Waals surface area contributed by atoms with Gasteiger partial charge in [-0.25, -0.2) is 15.0 Å². The van der Waals surface area contributed by atoms with Crippen molar-refractivity contribution in [1.29, 1.82) is 0 Å². The van der Waals surface area contributed by atoms with Crippen LogP contribution in [0.1, 0.15) is 78.0 Å². The Hall–Kier alpha value is -9.33. The molecule has 3 heterocycles. The summed E-state index contributed by atoms with van der Waals surface area (Å²) in [4.78, 5) is 76.0. The number of alkyl halides is 19. The number of nitrogens with two attached hydrogens (primary N) is 1. The standard InChI is InChI=1S/C21H15F6NO4.C20H13F6NO4.C15H8F6N2O.C5H7ClO3.CH3I.CH4O/c22-20(23,24)14-6-3-12(4-7-14)19-28-16-8-5-13(10-15(30)2-1-9-31-11-29)17(18(16)32-19)21(25,26)27;21-19(22,23)13-4-1-11(2-5-13)18-27-15-6-3-12(9-14(29)7-8-30-10-28)16(17(15)31-18)20(24,25)26;16-14(17,18)8-3-1-7(2-4-8)13-23-10-6-5-9(22)11(12(10)24-13)15(19,20)21;6-5(8)2-1-3-9-4-7;2*1-2/h3-8,11H,1-2,9-10H2;1-6,10H,7-9H2;1-6H,22H2;4H,1-3H2;1H3;2H,1H3/i;;;;1D;. The number of carbonyl (C=O) groups is 6. The van der Waals surface area contributed by atoms with Crippen molar-refractivity contribution in [1.82, 2.24) is 15.0 Å². The predicted molar refractivity (Wildman–Crippen MR) is 328 cm³/mol. The van der Waals surface area contributed by atoms with Gasteiger partial charge in [-0.2, -0.15) is 79.0 Å². The molecule has 17 nitrogen and oxygen atoms in total. The molecule has 9 aromatic rings. The van der Waals surface area contributed by atoms with Gasteiger partial charge in [0.25, 0.3) is 19.4 Å². The second-order valence-corrected chi connectivity index (χ2v) is 20.1. The van der Waals surface area contributed by atoms with Crippen molar-refractivity contribution in [3.63, 3.8) is 0 Å². The molecule has 0 fully saturated rings. The Labute approximate surface area is 571 Å². The Balaban J connectivity index is 0.000000295. The minimum absolute atomic E-state index is 0.0288. The smallest absolute Gasteiger partial charge is 0.422 e. The number of anilines is 1. The molecule has 0 spiro atoms. The van der Waals surface area contributed by atoms with E-state index in [0.717, 1.165) is 98.1 Å². The van der Waals surface area contributed by atoms with Gasteiger partial charge in [0.1, 0.15) is 44.8 Å². The van der Waals surface area contributed by atoms with Gasteiger partial charge >= 0.3 is 37.1 Å². The summed E-state index contributed by atoms with van der Waals surface area (Å²) in [6.07, 6.45) is -28.7. The lowest BCUT2D eigenvalue weighted by atomic mass is 9.99. The summed E-state index contributed by atoms with van der Waals surface area (Å²) in [6, 6.07) is 18.0. The van der Waals surface area contributed by atoms with Crippen LogP contribution in [0.2, 0.25) is 0 Å². The summed E-state index contributed by atoms with van der Waals surface area (Å²) in [5.41, 5.74) is -4.07. The van der Waals surface area contributed by atoms with E-state index in [-0.39, 0.29) is 120 Å². The fourth-order valence-electron chi connectivity index (χ4n) is 8.62. The molecule has 0 aliphatic rings. The van der Waals surface area contributed by atoms with Gasteiger partial charge in [0.2, 0.25) is 22.9 Å². The largest absolute Gasteiger partial charge is 0.468 e. The van der Waals surface area contributed by atoms with Crippen LogP contribution in [0.15, 0.2) is 122 Å². The predicted octanol–water partition coefficient (Wildman–Crippen LogP) is 17.3. The van der Waals surface area contributed by atoms with E-state index in [0.29, 0.717) is 17.8 Å². The van der Waals surface area contributed by atoms with E-state index >= 15 is 0 Å². The van der Waals surface area contributed by atoms with Crippen molar-refractivity contribution < 1.29 is 142 Å². The SMILES string of the molecule is CO.Nc1ccc2nc(-c3ccc(C(F)(F)F)cc3)oc2c1C(F)(F)F.O=COCCC(=O)Cc1ccc2nc(-c3ccc(C(F)(F)F)cc3)oc2c1C(F)(F)F.O=COCCCC(=O)Cc1ccc2nc(-c3ccc(C(F)(F)F)cc3)oc2c1C(F)(F)F.O=COCCCC(=O)Cl.[2H]CI. The molecule has 0 saturated heterocycles. The fraction of sp³-hybridized carbons (Fsp3) is 0.286. The first-order valence-corrected chi connectivity index (χ1v) is 29.6. The van der Waals surface area contributed by atoms with Crippen LogP contribution in [0.25, 0.3) is 67.7 Å². The molecule has 540 valence electrons. The zero-order valence-corrected chi connectivity index (χ0v) is 53.6. The maximum atomic E-state index is 13.8. The average molecular weight is 1580 g/mol. The highest BCUT2D eigenvalue weighted by atomic mass is 127. The van der Waals surface area contributed by atoms with Crippen LogP contribution in [0.3, 0.4) is 0 Å². The number of ether oxygens (including phenoxy) is 3. The first kappa shape index (κ1) is 81.3. The van der Waals surface area contributed by atoms with Crippen molar-refractivity contribution >= 4 is 109 Å². The molecular formula is C63H50ClF18IN4O13. The Morgan fingerprint density at radius 2 is 0.750 bits per heavy atom. The number of halogens is 20. The minimum Gasteiger partial charge on any atom is -0.468 e. The number of benzene rings is 6. The van der Waals surface area contributed by atoms with Gasteiger partial charge in [0.05, 0.1) is 36.5 Å². The van der Waals surface area contributed by atoms with E-state index in [9.17, 15) is 108 Å². The van der Waals surface area contributed by atoms with Crippen LogP contribution in [0.5, 0.6) is 0 Å². The number of nitrogens with zero attached hydrogens (tertiary/aromatic N) is 3. The highest BCUT2D eigenvalue weighted by Crippen LogP contribution is 2.44. The second kappa shape index (κ2) is 36.7. The third-order valence-corrected chi connectivity index (χ3v) is 13.1. The van der Waals surface area contributed by atoms with Gasteiger partial charge in [-0.15, -0.1) is 0 Å². The van der Waals surface area contributed by atoms with Gasteiger partial charge < -0.3 is 38.3 Å². The number of fused-ring (bicyclic) bond motifs is 3. The first-order chi connectivity index (χ1) is 47.3. The highest BCUT2D eigenvalue weighted by Gasteiger charge is 2.41. The Kier molecular flexibility index (Phi) is 29.8. The quantitative estimate of drug-likeness (QED) is 0.00991. The fourth-order valence-corrected chi connectivity index (χ4v) is 8.76. The summed E-state index contributed by atoms with van der Waals surface area (Å²) in [5, 5.41) is 6.60. The Morgan fingerprint density at radius 3 is 1.05 bits per heavy atom. The summed E-state index contributed by atoms with van der Waals surface area (Å²) in [6.45, 7) is 0.655. The number of ketones is 2. The molecule has 3 N–H and O–H groups in total. The normalized spacial score (nSPS) is 11.8. The molecule has 37 heteroatoms. The molecule has 0 unspecified atom stereocenters. The van der Waals surface area contributed by atoms with Gasteiger partial charge in [-0.3, -0.25) is 28.8 Å². The lowest BCUT2D eigenvalue weighted by Crippen LogP contribution is -2.14. The summed E-state index contributed by atoms with van der Waals surface area (Å²) >= 11 is 6.93. The molecule has 0 aliphatic carbocycles. The lowest BCUT2D eigenvalue weighted by Gasteiger charge is -2.12. The highest BCUT2D eigenvalue weighted by molar-refractivity contribution is 14.1. The minimum atomic E-state index is -4.88. The zero-order chi connectivity index (χ0) is 75.8. The number of aliphatic hydroxyl groups excluding tert-OH is 1. The summed E-state index contributed by atoms with van der Waals surface area (Å²) in [5.74, 6) is -1.89. The zero-order valence-electron chi connectivity index (χ0n) is 51.7. The number of hydrogen-bond acceptors (Lipinski definition) is 17. The second-order valence-electron chi connectivity index (χ2n) is 19.7. The van der Waals surface area contributed by atoms with E-state index in [1.807, 2.05) is 22.6 Å². The number of rotatable bonds is 21. The number of aromatic nitrogens is 3. The lowest BCUT2D eigenvalue weighted by molar-refractivity contribution is -0.138. The molecule has 0 radical (unpaired) electrons. The van der Waals surface area contributed by atoms with Gasteiger partial charge in [-0.05, 0) is 138 Å². The molecule has 0 aliphatic heterocycles. The molecule has 6 aromatic carbocycles. The van der Waals surface area contributed by atoms with Crippen LogP contribution in [-0.4, -0.2) is 88.1 Å². The monoisotopic (exact) mass is 1580 g/mol. The number of carbonyl (C=O) groups excluding carboxylic acids is 6. The number of hydrogen-bond donors (Lipinski definition) is 2. The van der Waals surface area contributed by atoms with Crippen LogP contribution in [0.4, 0.5) is 84.7 Å². The van der Waals surface area contributed by atoms with Crippen molar-refractivity contribution in [3.05, 3.63) is 154 Å². The molecule has 9 rings (SSSR count). The summed E-state index contributed by atoms with van der Waals surface area (Å²) < 4.78 is 271. The first-order valence-electron chi connectivity index (χ1n) is 28.4. The maximum absolute atomic E-state index is 13.8. The van der Waals surface area contributed by atoms with Crippen molar-refractivity contribution in [3.8, 4) is 34.4 Å². The average Bonchev–Trinajstić information content (AvgIpc) is 1.72. The Bertz CT molecular complexity index is 4220. The number of Topliss-reactive ketones (excluding diaryl/α,β-unsaturated/α-hetero) is 2. The molecular weight excluding hydrogens is 1530 g/mol. The van der Waals surface area contributed by atoms with Gasteiger partial charge in [0.15, 0.2) is 16.7 Å². The molecule has 100 heavy (non-hydrogen) atoms. The third kappa shape index (κ3) is 24.0. The summed E-state index contributed by atoms with van der Waals surface area (Å²) in [7, 11) is 1.00. The number of aliphatic hydroxyl groups is 1. The molecule has 0 saturated carbocycles. The van der Waals surface area contributed by atoms with Crippen LogP contribution >= 0.6 is 34.2 Å². The number of nitrogen functional groups attached to an aromatic ring is 1. The molecule has 0 bridgehead atoms. The van der Waals surface area contributed by atoms with Gasteiger partial charge in [0, 0.05) is 63.0 Å². The van der Waals surface area contributed by atoms with E-state index < -0.39 is 123 Å². The third-order valence-electron chi connectivity index (χ3n) is 12.9.